The van der Waals surface area contributed by atoms with Crippen LogP contribution in [0.4, 0.5) is 0 Å². The number of benzene rings is 1. The predicted octanol–water partition coefficient (Wildman–Crippen LogP) is 3.26. The molecule has 112 valence electrons. The van der Waals surface area contributed by atoms with E-state index in [1.165, 1.54) is 24.0 Å². The Morgan fingerprint density at radius 1 is 1.40 bits per heavy atom. The SMILES string of the molecule is COCCN1CCCCC(N)C1c1ccc(C)c(Br)c1. The third-order valence-corrected chi connectivity index (χ3v) is 5.01. The smallest absolute Gasteiger partial charge is 0.0589 e. The Morgan fingerprint density at radius 3 is 2.90 bits per heavy atom. The van der Waals surface area contributed by atoms with E-state index in [-0.39, 0.29) is 6.04 Å². The largest absolute Gasteiger partial charge is 0.383 e. The Bertz CT molecular complexity index is 438. The topological polar surface area (TPSA) is 38.5 Å². The Kier molecular flexibility index (Phi) is 6.02. The van der Waals surface area contributed by atoms with Gasteiger partial charge in [-0.1, -0.05) is 34.5 Å². The highest BCUT2D eigenvalue weighted by Gasteiger charge is 2.28. The van der Waals surface area contributed by atoms with Crippen molar-refractivity contribution in [2.45, 2.75) is 38.3 Å². The van der Waals surface area contributed by atoms with Gasteiger partial charge in [-0.05, 0) is 43.5 Å². The maximum atomic E-state index is 6.46. The molecule has 0 bridgehead atoms. The molecule has 1 fully saturated rings. The molecule has 0 spiro atoms. The van der Waals surface area contributed by atoms with E-state index in [0.29, 0.717) is 6.04 Å². The molecule has 2 N–H and O–H groups in total. The molecule has 0 aliphatic carbocycles. The summed E-state index contributed by atoms with van der Waals surface area (Å²) in [6, 6.07) is 7.11. The van der Waals surface area contributed by atoms with Crippen LogP contribution in [0.1, 0.15) is 36.4 Å². The molecule has 20 heavy (non-hydrogen) atoms. The first-order chi connectivity index (χ1) is 9.63. The van der Waals surface area contributed by atoms with Gasteiger partial charge in [0.25, 0.3) is 0 Å². The summed E-state index contributed by atoms with van der Waals surface area (Å²) in [4.78, 5) is 2.48. The van der Waals surface area contributed by atoms with Crippen LogP contribution in [0.2, 0.25) is 0 Å². The third-order valence-electron chi connectivity index (χ3n) is 4.15. The molecule has 1 aliphatic rings. The van der Waals surface area contributed by atoms with Crippen molar-refractivity contribution in [1.82, 2.24) is 4.90 Å². The van der Waals surface area contributed by atoms with Crippen LogP contribution in [0.3, 0.4) is 0 Å². The van der Waals surface area contributed by atoms with Gasteiger partial charge >= 0.3 is 0 Å². The van der Waals surface area contributed by atoms with Gasteiger partial charge in [-0.3, -0.25) is 4.90 Å². The molecule has 4 heteroatoms. The molecule has 0 saturated carbocycles. The fourth-order valence-corrected chi connectivity index (χ4v) is 3.37. The zero-order valence-electron chi connectivity index (χ0n) is 12.4. The number of aryl methyl sites for hydroxylation is 1. The van der Waals surface area contributed by atoms with Crippen molar-refractivity contribution in [3.8, 4) is 0 Å². The normalized spacial score (nSPS) is 24.6. The monoisotopic (exact) mass is 340 g/mol. The van der Waals surface area contributed by atoms with E-state index in [2.05, 4.69) is 46.0 Å². The minimum absolute atomic E-state index is 0.198. The quantitative estimate of drug-likeness (QED) is 0.914. The molecule has 0 aromatic heterocycles. The van der Waals surface area contributed by atoms with Gasteiger partial charge in [-0.25, -0.2) is 0 Å². The van der Waals surface area contributed by atoms with Gasteiger partial charge in [0.1, 0.15) is 0 Å². The van der Waals surface area contributed by atoms with Gasteiger partial charge in [0.15, 0.2) is 0 Å². The number of nitrogens with two attached hydrogens (primary N) is 1. The Hall–Kier alpha value is -0.420. The van der Waals surface area contributed by atoms with E-state index in [1.54, 1.807) is 7.11 Å². The number of methoxy groups -OCH3 is 1. The standard InChI is InChI=1S/C16H25BrN2O/c1-12-6-7-13(11-14(12)17)16-15(18)5-3-4-8-19(16)9-10-20-2/h6-7,11,15-16H,3-5,8-10,18H2,1-2H3. The lowest BCUT2D eigenvalue weighted by Crippen LogP contribution is -2.41. The second-order valence-electron chi connectivity index (χ2n) is 5.64. The van der Waals surface area contributed by atoms with Gasteiger partial charge in [0.2, 0.25) is 0 Å². The first-order valence-electron chi connectivity index (χ1n) is 7.38. The second-order valence-corrected chi connectivity index (χ2v) is 6.50. The maximum absolute atomic E-state index is 6.46. The summed E-state index contributed by atoms with van der Waals surface area (Å²) in [5, 5.41) is 0. The van der Waals surface area contributed by atoms with E-state index in [0.717, 1.165) is 30.6 Å². The van der Waals surface area contributed by atoms with Crippen molar-refractivity contribution in [1.29, 1.82) is 0 Å². The van der Waals surface area contributed by atoms with Crippen LogP contribution in [0.25, 0.3) is 0 Å². The Balaban J connectivity index is 2.26. The number of rotatable bonds is 4. The minimum atomic E-state index is 0.198. The average Bonchev–Trinajstić information content (AvgIpc) is 2.61. The van der Waals surface area contributed by atoms with Gasteiger partial charge in [0.05, 0.1) is 12.6 Å². The fraction of sp³-hybridized carbons (Fsp3) is 0.625. The van der Waals surface area contributed by atoms with Crippen molar-refractivity contribution in [3.63, 3.8) is 0 Å². The van der Waals surface area contributed by atoms with E-state index in [1.807, 2.05) is 0 Å². The van der Waals surface area contributed by atoms with Crippen LogP contribution >= 0.6 is 15.9 Å². The first-order valence-corrected chi connectivity index (χ1v) is 8.17. The first kappa shape index (κ1) is 16.0. The molecule has 1 aliphatic heterocycles. The zero-order valence-corrected chi connectivity index (χ0v) is 14.0. The van der Waals surface area contributed by atoms with Gasteiger partial charge < -0.3 is 10.5 Å². The van der Waals surface area contributed by atoms with Crippen molar-refractivity contribution in [2.75, 3.05) is 26.8 Å². The molecule has 1 heterocycles. The molecule has 2 rings (SSSR count). The van der Waals surface area contributed by atoms with Crippen LogP contribution < -0.4 is 5.73 Å². The number of hydrogen-bond acceptors (Lipinski definition) is 3. The lowest BCUT2D eigenvalue weighted by atomic mass is 9.95. The number of halogens is 1. The van der Waals surface area contributed by atoms with Crippen molar-refractivity contribution in [3.05, 3.63) is 33.8 Å². The molecule has 1 aromatic carbocycles. The summed E-state index contributed by atoms with van der Waals surface area (Å²) in [6.07, 6.45) is 3.54. The van der Waals surface area contributed by atoms with Gasteiger partial charge in [-0.15, -0.1) is 0 Å². The number of ether oxygens (including phenoxy) is 1. The second kappa shape index (κ2) is 7.55. The van der Waals surface area contributed by atoms with Crippen LogP contribution in [-0.2, 0) is 4.74 Å². The Labute approximate surface area is 130 Å². The fourth-order valence-electron chi connectivity index (χ4n) is 2.97. The Morgan fingerprint density at radius 2 is 2.20 bits per heavy atom. The van der Waals surface area contributed by atoms with Crippen molar-refractivity contribution < 1.29 is 4.74 Å². The summed E-state index contributed by atoms with van der Waals surface area (Å²) in [5.41, 5.74) is 9.04. The van der Waals surface area contributed by atoms with Crippen LogP contribution in [0.15, 0.2) is 22.7 Å². The summed E-state index contributed by atoms with van der Waals surface area (Å²) >= 11 is 3.64. The van der Waals surface area contributed by atoms with Crippen LogP contribution in [-0.4, -0.2) is 37.7 Å². The molecular weight excluding hydrogens is 316 g/mol. The number of likely N-dealkylation sites (tertiary alicyclic amines) is 1. The lowest BCUT2D eigenvalue weighted by molar-refractivity contribution is 0.115. The minimum Gasteiger partial charge on any atom is -0.383 e. The molecule has 1 saturated heterocycles. The molecular formula is C16H25BrN2O. The third kappa shape index (κ3) is 3.82. The van der Waals surface area contributed by atoms with Crippen molar-refractivity contribution in [2.24, 2.45) is 5.73 Å². The average molecular weight is 341 g/mol. The summed E-state index contributed by atoms with van der Waals surface area (Å²) in [6.45, 7) is 4.92. The van der Waals surface area contributed by atoms with E-state index < -0.39 is 0 Å². The van der Waals surface area contributed by atoms with Crippen molar-refractivity contribution >= 4 is 15.9 Å². The highest BCUT2D eigenvalue weighted by Crippen LogP contribution is 2.31. The molecule has 2 unspecified atom stereocenters. The summed E-state index contributed by atoms with van der Waals surface area (Å²) in [5.74, 6) is 0. The molecule has 2 atom stereocenters. The van der Waals surface area contributed by atoms with Crippen LogP contribution in [0.5, 0.6) is 0 Å². The highest BCUT2D eigenvalue weighted by molar-refractivity contribution is 9.10. The molecule has 1 aromatic rings. The van der Waals surface area contributed by atoms with E-state index in [4.69, 9.17) is 10.5 Å². The number of hydrogen-bond donors (Lipinski definition) is 1. The zero-order chi connectivity index (χ0) is 14.5. The highest BCUT2D eigenvalue weighted by atomic mass is 79.9. The summed E-state index contributed by atoms with van der Waals surface area (Å²) < 4.78 is 6.42. The summed E-state index contributed by atoms with van der Waals surface area (Å²) in [7, 11) is 1.76. The molecule has 0 radical (unpaired) electrons. The molecule has 3 nitrogen and oxygen atoms in total. The predicted molar refractivity (Wildman–Crippen MR) is 86.9 cm³/mol. The van der Waals surface area contributed by atoms with E-state index in [9.17, 15) is 0 Å². The van der Waals surface area contributed by atoms with Gasteiger partial charge in [0, 0.05) is 24.2 Å². The number of nitrogens with zero attached hydrogens (tertiary/aromatic N) is 1. The van der Waals surface area contributed by atoms with E-state index >= 15 is 0 Å². The van der Waals surface area contributed by atoms with Crippen LogP contribution in [0, 0.1) is 6.92 Å². The van der Waals surface area contributed by atoms with Gasteiger partial charge in [-0.2, -0.15) is 0 Å². The molecule has 0 amide bonds. The lowest BCUT2D eigenvalue weighted by Gasteiger charge is -2.34. The maximum Gasteiger partial charge on any atom is 0.0589 e.